The maximum Gasteiger partial charge on any atom is 0.111 e. The van der Waals surface area contributed by atoms with E-state index in [-0.39, 0.29) is 0 Å². The molecule has 0 heterocycles. The van der Waals surface area contributed by atoms with Gasteiger partial charge in [-0.15, -0.1) is 0 Å². The number of hydrogen-bond donors (Lipinski definition) is 0. The molecule has 0 N–H and O–H groups in total. The molecule has 0 aliphatic heterocycles. The summed E-state index contributed by atoms with van der Waals surface area (Å²) in [6.07, 6.45) is 2.54. The van der Waals surface area contributed by atoms with E-state index in [4.69, 9.17) is 42.6 Å². The summed E-state index contributed by atoms with van der Waals surface area (Å²) in [6, 6.07) is 0. The Morgan fingerprint density at radius 1 is 0.500 bits per heavy atom. The van der Waals surface area contributed by atoms with Crippen molar-refractivity contribution < 1.29 is 42.6 Å². The lowest BCUT2D eigenvalue weighted by molar-refractivity contribution is -0.0245. The van der Waals surface area contributed by atoms with E-state index >= 15 is 0 Å². The van der Waals surface area contributed by atoms with E-state index in [0.717, 1.165) is 13.0 Å². The summed E-state index contributed by atoms with van der Waals surface area (Å²) in [5, 5.41) is 0. The lowest BCUT2D eigenvalue weighted by Gasteiger charge is -2.10. The predicted molar refractivity (Wildman–Crippen MR) is 122 cm³/mol. The summed E-state index contributed by atoms with van der Waals surface area (Å²) in [7, 11) is 0. The lowest BCUT2D eigenvalue weighted by Crippen LogP contribution is -2.15. The minimum absolute atomic E-state index is 0.510. The summed E-state index contributed by atoms with van der Waals surface area (Å²) in [5.41, 5.74) is 0. The van der Waals surface area contributed by atoms with Crippen molar-refractivity contribution in [2.75, 3.05) is 112 Å². The summed E-state index contributed by atoms with van der Waals surface area (Å²) < 4.78 is 48.3. The van der Waals surface area contributed by atoms with Crippen LogP contribution in [0.2, 0.25) is 0 Å². The minimum atomic E-state index is 0.510. The molecule has 0 fully saturated rings. The van der Waals surface area contributed by atoms with Gasteiger partial charge in [0.15, 0.2) is 0 Å². The fourth-order valence-corrected chi connectivity index (χ4v) is 2.13. The molecule has 9 heteroatoms. The summed E-state index contributed by atoms with van der Waals surface area (Å²) >= 11 is 0. The molecule has 0 spiro atoms. The van der Waals surface area contributed by atoms with Gasteiger partial charge < -0.3 is 42.6 Å². The second kappa shape index (κ2) is 28.3. The van der Waals surface area contributed by atoms with Crippen molar-refractivity contribution in [3.8, 4) is 0 Å². The SMILES string of the molecule is C=COCCOCCOCCOCCOCCOCCOCCOCCOCC(C)CC. The van der Waals surface area contributed by atoms with Gasteiger partial charge in [-0.1, -0.05) is 26.8 Å². The van der Waals surface area contributed by atoms with Gasteiger partial charge in [-0.3, -0.25) is 0 Å². The average molecular weight is 467 g/mol. The minimum Gasteiger partial charge on any atom is -0.499 e. The van der Waals surface area contributed by atoms with E-state index in [1.165, 1.54) is 6.26 Å². The van der Waals surface area contributed by atoms with Crippen molar-refractivity contribution in [2.24, 2.45) is 5.92 Å². The number of rotatable bonds is 28. The molecule has 0 radical (unpaired) electrons. The van der Waals surface area contributed by atoms with Crippen LogP contribution in [0.25, 0.3) is 0 Å². The fraction of sp³-hybridized carbons (Fsp3) is 0.913. The molecule has 0 aromatic carbocycles. The van der Waals surface area contributed by atoms with E-state index in [0.29, 0.717) is 112 Å². The predicted octanol–water partition coefficient (Wildman–Crippen LogP) is 2.33. The topological polar surface area (TPSA) is 83.1 Å². The van der Waals surface area contributed by atoms with Crippen LogP contribution in [0, 0.1) is 5.92 Å². The van der Waals surface area contributed by atoms with Crippen LogP contribution in [0.4, 0.5) is 0 Å². The maximum atomic E-state index is 5.52. The Morgan fingerprint density at radius 3 is 1.06 bits per heavy atom. The highest BCUT2D eigenvalue weighted by molar-refractivity contribution is 4.48. The van der Waals surface area contributed by atoms with Gasteiger partial charge in [0.05, 0.1) is 105 Å². The van der Waals surface area contributed by atoms with Gasteiger partial charge in [-0.2, -0.15) is 0 Å². The zero-order chi connectivity index (χ0) is 23.4. The van der Waals surface area contributed by atoms with Crippen LogP contribution in [0.1, 0.15) is 20.3 Å². The molecule has 192 valence electrons. The molecule has 0 bridgehead atoms. The molecular formula is C23H46O9. The Hall–Kier alpha value is -0.780. The van der Waals surface area contributed by atoms with Crippen LogP contribution >= 0.6 is 0 Å². The molecule has 0 saturated carbocycles. The van der Waals surface area contributed by atoms with E-state index in [2.05, 4.69) is 20.4 Å². The van der Waals surface area contributed by atoms with E-state index in [1.807, 2.05) is 0 Å². The Kier molecular flexibility index (Phi) is 27.6. The Morgan fingerprint density at radius 2 is 0.781 bits per heavy atom. The molecule has 0 aromatic heterocycles. The molecule has 0 saturated heterocycles. The molecule has 0 aromatic rings. The molecule has 32 heavy (non-hydrogen) atoms. The molecule has 0 aliphatic carbocycles. The summed E-state index contributed by atoms with van der Waals surface area (Å²) in [4.78, 5) is 0. The van der Waals surface area contributed by atoms with E-state index < -0.39 is 0 Å². The quantitative estimate of drug-likeness (QED) is 0.127. The summed E-state index contributed by atoms with van der Waals surface area (Å²) in [5.74, 6) is 0.604. The second-order valence-electron chi connectivity index (χ2n) is 6.91. The van der Waals surface area contributed by atoms with Gasteiger partial charge in [-0.25, -0.2) is 0 Å². The largest absolute Gasteiger partial charge is 0.499 e. The zero-order valence-electron chi connectivity index (χ0n) is 20.3. The van der Waals surface area contributed by atoms with Gasteiger partial charge >= 0.3 is 0 Å². The molecule has 0 aliphatic rings. The molecule has 0 amide bonds. The fourth-order valence-electron chi connectivity index (χ4n) is 2.13. The van der Waals surface area contributed by atoms with Crippen molar-refractivity contribution in [2.45, 2.75) is 20.3 Å². The third-order valence-electron chi connectivity index (χ3n) is 4.17. The third kappa shape index (κ3) is 27.3. The number of hydrogen-bond acceptors (Lipinski definition) is 9. The maximum absolute atomic E-state index is 5.52. The van der Waals surface area contributed by atoms with Gasteiger partial charge in [0.25, 0.3) is 0 Å². The van der Waals surface area contributed by atoms with Crippen molar-refractivity contribution in [3.05, 3.63) is 12.8 Å². The highest BCUT2D eigenvalue weighted by atomic mass is 16.6. The van der Waals surface area contributed by atoms with Crippen molar-refractivity contribution in [1.29, 1.82) is 0 Å². The normalized spacial score (nSPS) is 12.2. The third-order valence-corrected chi connectivity index (χ3v) is 4.17. The highest BCUT2D eigenvalue weighted by Gasteiger charge is 1.98. The highest BCUT2D eigenvalue weighted by Crippen LogP contribution is 1.99. The first-order valence-electron chi connectivity index (χ1n) is 11.7. The monoisotopic (exact) mass is 466 g/mol. The van der Waals surface area contributed by atoms with Gasteiger partial charge in [0, 0.05) is 6.61 Å². The first-order valence-corrected chi connectivity index (χ1v) is 11.7. The standard InChI is InChI=1S/C23H46O9/c1-4-23(3)22-32-21-20-31-19-18-30-17-16-29-15-14-28-13-12-27-11-10-26-9-8-25-7-6-24-5-2/h5,23H,2,4,6-22H2,1,3H3. The Labute approximate surface area is 194 Å². The molecule has 1 atom stereocenters. The summed E-state index contributed by atoms with van der Waals surface area (Å²) in [6.45, 7) is 17.4. The molecule has 1 unspecified atom stereocenters. The van der Waals surface area contributed by atoms with E-state index in [9.17, 15) is 0 Å². The van der Waals surface area contributed by atoms with Crippen LogP contribution in [-0.2, 0) is 42.6 Å². The lowest BCUT2D eigenvalue weighted by atomic mass is 10.1. The van der Waals surface area contributed by atoms with Gasteiger partial charge in [0.1, 0.15) is 6.61 Å². The van der Waals surface area contributed by atoms with E-state index in [1.54, 1.807) is 0 Å². The smallest absolute Gasteiger partial charge is 0.111 e. The van der Waals surface area contributed by atoms with Crippen LogP contribution in [0.5, 0.6) is 0 Å². The van der Waals surface area contributed by atoms with Crippen molar-refractivity contribution in [3.63, 3.8) is 0 Å². The molecule has 0 rings (SSSR count). The van der Waals surface area contributed by atoms with Crippen molar-refractivity contribution >= 4 is 0 Å². The molecular weight excluding hydrogens is 420 g/mol. The Balaban J connectivity index is 3.02. The average Bonchev–Trinajstić information content (AvgIpc) is 2.81. The van der Waals surface area contributed by atoms with Crippen LogP contribution in [-0.4, -0.2) is 112 Å². The first kappa shape index (κ1) is 31.2. The van der Waals surface area contributed by atoms with Gasteiger partial charge in [-0.05, 0) is 5.92 Å². The zero-order valence-corrected chi connectivity index (χ0v) is 20.3. The van der Waals surface area contributed by atoms with Crippen molar-refractivity contribution in [1.82, 2.24) is 0 Å². The molecule has 9 nitrogen and oxygen atoms in total. The first-order chi connectivity index (χ1) is 15.8. The van der Waals surface area contributed by atoms with Crippen LogP contribution in [0.15, 0.2) is 12.8 Å². The van der Waals surface area contributed by atoms with Crippen LogP contribution in [0.3, 0.4) is 0 Å². The van der Waals surface area contributed by atoms with Crippen LogP contribution < -0.4 is 0 Å². The number of ether oxygens (including phenoxy) is 9. The van der Waals surface area contributed by atoms with Gasteiger partial charge in [0.2, 0.25) is 0 Å². The Bertz CT molecular complexity index is 358. The second-order valence-corrected chi connectivity index (χ2v) is 6.91.